The summed E-state index contributed by atoms with van der Waals surface area (Å²) in [5.74, 6) is -3.08. The number of fused-ring (bicyclic) bond motifs is 1. The van der Waals surface area contributed by atoms with Crippen LogP contribution in [0.4, 0.5) is 20.2 Å². The van der Waals surface area contributed by atoms with Crippen LogP contribution in [0.25, 0.3) is 4.96 Å². The molecule has 0 atom stereocenters. The fraction of sp³-hybridized carbons (Fsp3) is 0.182. The lowest BCUT2D eigenvalue weighted by molar-refractivity contribution is 0.0469. The van der Waals surface area contributed by atoms with E-state index in [1.807, 2.05) is 6.92 Å². The third-order valence-electron chi connectivity index (χ3n) is 4.50. The largest absolute Gasteiger partial charge is 0.456 e. The highest BCUT2D eigenvalue weighted by atomic mass is 32.2. The van der Waals surface area contributed by atoms with Gasteiger partial charge >= 0.3 is 5.97 Å². The van der Waals surface area contributed by atoms with Gasteiger partial charge in [-0.15, -0.1) is 0 Å². The van der Waals surface area contributed by atoms with Crippen molar-refractivity contribution in [2.75, 3.05) is 5.32 Å². The van der Waals surface area contributed by atoms with Crippen LogP contribution >= 0.6 is 23.1 Å². The summed E-state index contributed by atoms with van der Waals surface area (Å²) in [6.45, 7) is 1.77. The van der Waals surface area contributed by atoms with Gasteiger partial charge in [0.15, 0.2) is 0 Å². The van der Waals surface area contributed by atoms with E-state index in [4.69, 9.17) is 4.74 Å². The number of thioether (sulfide) groups is 1. The lowest BCUT2D eigenvalue weighted by atomic mass is 10.1. The number of rotatable bonds is 8. The summed E-state index contributed by atoms with van der Waals surface area (Å²) in [5, 5.41) is 8.08. The molecule has 4 aromatic rings. The maximum atomic E-state index is 12.7. The Hall–Kier alpha value is -3.31. The van der Waals surface area contributed by atoms with E-state index in [0.717, 1.165) is 5.01 Å². The third-order valence-corrected chi connectivity index (χ3v) is 6.27. The summed E-state index contributed by atoms with van der Waals surface area (Å²) >= 11 is 1.77. The van der Waals surface area contributed by atoms with Gasteiger partial charge in [-0.1, -0.05) is 42.2 Å². The minimum absolute atomic E-state index is 0.169. The number of esters is 1. The molecule has 11 heteroatoms. The Bertz CT molecular complexity index is 1340. The Morgan fingerprint density at radius 3 is 2.70 bits per heavy atom. The molecule has 0 aliphatic rings. The van der Waals surface area contributed by atoms with Crippen molar-refractivity contribution >= 4 is 45.4 Å². The average molecular weight is 489 g/mol. The second kappa shape index (κ2) is 10.1. The lowest BCUT2D eigenvalue weighted by Gasteiger charge is -2.12. The van der Waals surface area contributed by atoms with E-state index in [0.29, 0.717) is 45.1 Å². The predicted molar refractivity (Wildman–Crippen MR) is 124 cm³/mol. The highest BCUT2D eigenvalue weighted by molar-refractivity contribution is 7.99. The molecule has 0 aliphatic heterocycles. The maximum Gasteiger partial charge on any atom is 0.340 e. The van der Waals surface area contributed by atoms with Gasteiger partial charge in [-0.05, 0) is 42.8 Å². The number of para-hydroxylation sites is 1. The Morgan fingerprint density at radius 1 is 1.21 bits per heavy atom. The van der Waals surface area contributed by atoms with Crippen molar-refractivity contribution in [3.8, 4) is 0 Å². The van der Waals surface area contributed by atoms with Gasteiger partial charge in [0.05, 0.1) is 16.9 Å². The van der Waals surface area contributed by atoms with Gasteiger partial charge in [0, 0.05) is 16.6 Å². The molecule has 0 saturated carbocycles. The monoisotopic (exact) mass is 488 g/mol. The SMILES string of the molecule is CCc1nn2c(=O)cc(COC(=O)c3ccccc3Nc3ccc(SC(F)F)cc3)nc2s1. The van der Waals surface area contributed by atoms with Crippen LogP contribution < -0.4 is 10.9 Å². The van der Waals surface area contributed by atoms with E-state index < -0.39 is 11.7 Å². The van der Waals surface area contributed by atoms with Crippen molar-refractivity contribution in [1.82, 2.24) is 14.6 Å². The zero-order valence-corrected chi connectivity index (χ0v) is 19.0. The van der Waals surface area contributed by atoms with Crippen molar-refractivity contribution in [3.05, 3.63) is 81.2 Å². The van der Waals surface area contributed by atoms with E-state index in [-0.39, 0.29) is 17.7 Å². The fourth-order valence-electron chi connectivity index (χ4n) is 2.98. The molecule has 170 valence electrons. The van der Waals surface area contributed by atoms with Crippen LogP contribution in [-0.4, -0.2) is 26.3 Å². The first-order valence-corrected chi connectivity index (χ1v) is 11.6. The number of hydrogen-bond acceptors (Lipinski definition) is 8. The lowest BCUT2D eigenvalue weighted by Crippen LogP contribution is -2.17. The Balaban J connectivity index is 1.47. The first kappa shape index (κ1) is 22.9. The molecule has 0 bridgehead atoms. The van der Waals surface area contributed by atoms with Crippen LogP contribution in [0.5, 0.6) is 0 Å². The van der Waals surface area contributed by atoms with Crippen LogP contribution in [0.3, 0.4) is 0 Å². The van der Waals surface area contributed by atoms with Gasteiger partial charge in [-0.25, -0.2) is 9.78 Å². The zero-order chi connectivity index (χ0) is 23.4. The van der Waals surface area contributed by atoms with Crippen molar-refractivity contribution < 1.29 is 18.3 Å². The highest BCUT2D eigenvalue weighted by Crippen LogP contribution is 2.28. The number of nitrogens with zero attached hydrogens (tertiary/aromatic N) is 3. The molecule has 0 spiro atoms. The Morgan fingerprint density at radius 2 is 1.97 bits per heavy atom. The number of aromatic nitrogens is 3. The van der Waals surface area contributed by atoms with E-state index >= 15 is 0 Å². The minimum Gasteiger partial charge on any atom is -0.456 e. The molecule has 2 aromatic carbocycles. The molecule has 0 fully saturated rings. The van der Waals surface area contributed by atoms with Crippen LogP contribution in [0.2, 0.25) is 0 Å². The van der Waals surface area contributed by atoms with Gasteiger partial charge in [-0.2, -0.15) is 18.4 Å². The van der Waals surface area contributed by atoms with Crippen molar-refractivity contribution in [1.29, 1.82) is 0 Å². The van der Waals surface area contributed by atoms with Crippen molar-refractivity contribution in [2.45, 2.75) is 30.6 Å². The number of nitrogens with one attached hydrogen (secondary N) is 1. The van der Waals surface area contributed by atoms with Gasteiger partial charge in [0.1, 0.15) is 11.6 Å². The number of carbonyl (C=O) groups excluding carboxylic acids is 1. The summed E-state index contributed by atoms with van der Waals surface area (Å²) in [5.41, 5.74) is 1.41. The van der Waals surface area contributed by atoms with E-state index in [2.05, 4.69) is 15.4 Å². The average Bonchev–Trinajstić information content (AvgIpc) is 3.23. The Kier molecular flexibility index (Phi) is 6.99. The second-order valence-corrected chi connectivity index (χ2v) is 8.88. The number of carbonyl (C=O) groups is 1. The topological polar surface area (TPSA) is 85.6 Å². The fourth-order valence-corrected chi connectivity index (χ4v) is 4.33. The van der Waals surface area contributed by atoms with Crippen LogP contribution in [0.1, 0.15) is 28.0 Å². The van der Waals surface area contributed by atoms with E-state index in [1.54, 1.807) is 48.5 Å². The quantitative estimate of drug-likeness (QED) is 0.272. The summed E-state index contributed by atoms with van der Waals surface area (Å²) in [6, 6.07) is 14.5. The minimum atomic E-state index is -2.49. The molecule has 0 amide bonds. The highest BCUT2D eigenvalue weighted by Gasteiger charge is 2.15. The number of alkyl halides is 2. The van der Waals surface area contributed by atoms with Crippen LogP contribution in [0.15, 0.2) is 64.3 Å². The molecule has 2 heterocycles. The maximum absolute atomic E-state index is 12.7. The molecule has 1 N–H and O–H groups in total. The molecule has 4 rings (SSSR count). The number of aryl methyl sites for hydroxylation is 1. The number of halogens is 2. The Labute approximate surface area is 195 Å². The van der Waals surface area contributed by atoms with Gasteiger partial charge < -0.3 is 10.1 Å². The summed E-state index contributed by atoms with van der Waals surface area (Å²) in [4.78, 5) is 30.2. The molecule has 0 radical (unpaired) electrons. The number of ether oxygens (including phenoxy) is 1. The van der Waals surface area contributed by atoms with Crippen LogP contribution in [-0.2, 0) is 17.8 Å². The van der Waals surface area contributed by atoms with Crippen molar-refractivity contribution in [3.63, 3.8) is 0 Å². The first-order valence-electron chi connectivity index (χ1n) is 9.89. The summed E-state index contributed by atoms with van der Waals surface area (Å²) in [6.07, 6.45) is 0.690. The van der Waals surface area contributed by atoms with Gasteiger partial charge in [-0.3, -0.25) is 4.79 Å². The number of benzene rings is 2. The predicted octanol–water partition coefficient (Wildman–Crippen LogP) is 5.13. The van der Waals surface area contributed by atoms with Gasteiger partial charge in [0.2, 0.25) is 4.96 Å². The summed E-state index contributed by atoms with van der Waals surface area (Å²) in [7, 11) is 0. The smallest absolute Gasteiger partial charge is 0.340 e. The van der Waals surface area contributed by atoms with Gasteiger partial charge in [0.25, 0.3) is 11.3 Å². The first-order chi connectivity index (χ1) is 15.9. The zero-order valence-electron chi connectivity index (χ0n) is 17.3. The molecule has 0 saturated heterocycles. The summed E-state index contributed by atoms with van der Waals surface area (Å²) < 4.78 is 31.6. The molecule has 0 aliphatic carbocycles. The molecule has 33 heavy (non-hydrogen) atoms. The molecule has 0 unspecified atom stereocenters. The molecular weight excluding hydrogens is 470 g/mol. The second-order valence-electron chi connectivity index (χ2n) is 6.78. The van der Waals surface area contributed by atoms with E-state index in [1.165, 1.54) is 21.9 Å². The van der Waals surface area contributed by atoms with Crippen LogP contribution in [0, 0.1) is 0 Å². The number of hydrogen-bond donors (Lipinski definition) is 1. The third kappa shape index (κ3) is 5.55. The molecule has 2 aromatic heterocycles. The van der Waals surface area contributed by atoms with E-state index in [9.17, 15) is 18.4 Å². The van der Waals surface area contributed by atoms with Crippen molar-refractivity contribution in [2.24, 2.45) is 0 Å². The number of anilines is 2. The standard InChI is InChI=1S/C22H18F2N4O3S2/c1-2-18-27-28-19(29)11-14(26-22(28)33-18)12-31-20(30)16-5-3-4-6-17(16)25-13-7-9-15(10-8-13)32-21(23)24/h3-11,21,25H,2,12H2,1H3. The molecular formula is C22H18F2N4O3S2. The molecule has 7 nitrogen and oxygen atoms in total. The normalized spacial score (nSPS) is 11.2.